The number of carbonyl (C=O) groups excluding carboxylic acids is 1. The number of amides is 1. The van der Waals surface area contributed by atoms with E-state index in [1.54, 1.807) is 11.6 Å². The van der Waals surface area contributed by atoms with Gasteiger partial charge in [-0.25, -0.2) is 9.97 Å². The van der Waals surface area contributed by atoms with Gasteiger partial charge >= 0.3 is 0 Å². The quantitative estimate of drug-likeness (QED) is 0.698. The highest BCUT2D eigenvalue weighted by Crippen LogP contribution is 2.31. The van der Waals surface area contributed by atoms with Crippen molar-refractivity contribution in [1.29, 1.82) is 0 Å². The van der Waals surface area contributed by atoms with Crippen LogP contribution in [0.5, 0.6) is 0 Å². The molecule has 1 N–H and O–H groups in total. The molecule has 1 fully saturated rings. The van der Waals surface area contributed by atoms with E-state index in [-0.39, 0.29) is 17.5 Å². The second-order valence-corrected chi connectivity index (χ2v) is 8.26. The first-order valence-electron chi connectivity index (χ1n) is 10.0. The molecule has 1 unspecified atom stereocenters. The van der Waals surface area contributed by atoms with Crippen LogP contribution in [0.4, 0.5) is 5.13 Å². The number of piperidine rings is 1. The maximum atomic E-state index is 12.9. The fourth-order valence-electron chi connectivity index (χ4n) is 3.76. The van der Waals surface area contributed by atoms with Gasteiger partial charge < -0.3 is 10.2 Å². The van der Waals surface area contributed by atoms with Gasteiger partial charge in [-0.3, -0.25) is 14.2 Å². The van der Waals surface area contributed by atoms with Gasteiger partial charge in [-0.05, 0) is 24.8 Å². The second-order valence-electron chi connectivity index (χ2n) is 7.30. The average molecular weight is 412 g/mol. The molecule has 1 aromatic carbocycles. The van der Waals surface area contributed by atoms with Gasteiger partial charge in [0.05, 0.1) is 0 Å². The summed E-state index contributed by atoms with van der Waals surface area (Å²) >= 11 is 1.40. The van der Waals surface area contributed by atoms with Gasteiger partial charge in [-0.2, -0.15) is 0 Å². The number of benzene rings is 1. The van der Waals surface area contributed by atoms with Crippen molar-refractivity contribution in [2.45, 2.75) is 45.2 Å². The highest BCUT2D eigenvalue weighted by molar-refractivity contribution is 7.21. The topological polar surface area (TPSA) is 80.1 Å². The van der Waals surface area contributed by atoms with Crippen LogP contribution in [0.3, 0.4) is 0 Å². The molecule has 29 heavy (non-hydrogen) atoms. The van der Waals surface area contributed by atoms with Gasteiger partial charge in [0.25, 0.3) is 5.56 Å². The van der Waals surface area contributed by atoms with Gasteiger partial charge in [-0.1, -0.05) is 48.6 Å². The van der Waals surface area contributed by atoms with E-state index in [1.807, 2.05) is 42.2 Å². The van der Waals surface area contributed by atoms with Crippen LogP contribution in [-0.2, 0) is 24.8 Å². The van der Waals surface area contributed by atoms with Crippen molar-refractivity contribution < 1.29 is 4.79 Å². The lowest BCUT2D eigenvalue weighted by atomic mass is 10.0. The number of hydrogen-bond acceptors (Lipinski definition) is 6. The third kappa shape index (κ3) is 3.89. The van der Waals surface area contributed by atoms with Crippen LogP contribution in [-0.4, -0.2) is 33.0 Å². The van der Waals surface area contributed by atoms with Gasteiger partial charge in [0.1, 0.15) is 11.9 Å². The number of aryl methyl sites for hydroxylation is 1. The van der Waals surface area contributed by atoms with Crippen LogP contribution < -0.4 is 15.8 Å². The lowest BCUT2D eigenvalue weighted by Crippen LogP contribution is -2.49. The van der Waals surface area contributed by atoms with Crippen LogP contribution in [0, 0.1) is 0 Å². The molecule has 1 saturated heterocycles. The van der Waals surface area contributed by atoms with Crippen molar-refractivity contribution >= 4 is 32.7 Å². The van der Waals surface area contributed by atoms with Gasteiger partial charge in [0.15, 0.2) is 15.5 Å². The van der Waals surface area contributed by atoms with E-state index in [1.165, 1.54) is 11.3 Å². The summed E-state index contributed by atoms with van der Waals surface area (Å²) < 4.78 is 1.56. The first-order valence-corrected chi connectivity index (χ1v) is 10.8. The van der Waals surface area contributed by atoms with Crippen LogP contribution in [0.25, 0.3) is 10.3 Å². The molecule has 1 aliphatic heterocycles. The molecule has 0 aliphatic carbocycles. The van der Waals surface area contributed by atoms with Crippen molar-refractivity contribution in [3.8, 4) is 0 Å². The molecule has 0 spiro atoms. The number of anilines is 1. The Hall–Kier alpha value is -2.74. The monoisotopic (exact) mass is 411 g/mol. The summed E-state index contributed by atoms with van der Waals surface area (Å²) in [5.41, 5.74) is 1.33. The molecule has 1 atom stereocenters. The van der Waals surface area contributed by atoms with Crippen LogP contribution in [0.1, 0.15) is 37.6 Å². The fraction of sp³-hybridized carbons (Fsp3) is 0.429. The first kappa shape index (κ1) is 19.6. The summed E-state index contributed by atoms with van der Waals surface area (Å²) in [7, 11) is 1.73. The lowest BCUT2D eigenvalue weighted by molar-refractivity contribution is -0.123. The molecule has 0 bridgehead atoms. The van der Waals surface area contributed by atoms with Gasteiger partial charge in [-0.15, -0.1) is 0 Å². The van der Waals surface area contributed by atoms with E-state index in [0.717, 1.165) is 37.2 Å². The van der Waals surface area contributed by atoms with E-state index < -0.39 is 0 Å². The van der Waals surface area contributed by atoms with E-state index in [9.17, 15) is 9.59 Å². The Bertz CT molecular complexity index is 1080. The van der Waals surface area contributed by atoms with E-state index in [0.29, 0.717) is 28.4 Å². The number of hydrogen-bond donors (Lipinski definition) is 1. The Morgan fingerprint density at radius 3 is 2.79 bits per heavy atom. The molecule has 4 rings (SSSR count). The number of carbonyl (C=O) groups is 1. The molecular weight excluding hydrogens is 386 g/mol. The molecule has 152 valence electrons. The van der Waals surface area contributed by atoms with Crippen molar-refractivity contribution in [1.82, 2.24) is 19.9 Å². The van der Waals surface area contributed by atoms with E-state index in [4.69, 9.17) is 0 Å². The van der Waals surface area contributed by atoms with Gasteiger partial charge in [0.2, 0.25) is 5.91 Å². The minimum Gasteiger partial charge on any atom is -0.350 e. The number of aromatic nitrogens is 3. The normalized spacial score (nSPS) is 16.9. The molecular formula is C21H25N5O2S. The zero-order valence-corrected chi connectivity index (χ0v) is 17.5. The first-order chi connectivity index (χ1) is 14.1. The third-order valence-electron chi connectivity index (χ3n) is 5.40. The van der Waals surface area contributed by atoms with Gasteiger partial charge in [0, 0.05) is 26.6 Å². The van der Waals surface area contributed by atoms with E-state index in [2.05, 4.69) is 15.3 Å². The molecule has 0 radical (unpaired) electrons. The SMILES string of the molecule is CCc1nc2sc(N3CCCCC3C(=O)NCc3ccccc3)nc2c(=O)n1C. The van der Waals surface area contributed by atoms with Crippen LogP contribution >= 0.6 is 11.3 Å². The Balaban J connectivity index is 1.59. The molecule has 8 heteroatoms. The summed E-state index contributed by atoms with van der Waals surface area (Å²) in [5.74, 6) is 0.747. The fourth-order valence-corrected chi connectivity index (χ4v) is 4.79. The molecule has 2 aromatic heterocycles. The van der Waals surface area contributed by atoms with E-state index >= 15 is 0 Å². The zero-order valence-electron chi connectivity index (χ0n) is 16.7. The smallest absolute Gasteiger partial charge is 0.280 e. The summed E-state index contributed by atoms with van der Waals surface area (Å²) in [6.07, 6.45) is 3.47. The molecule has 7 nitrogen and oxygen atoms in total. The Kier molecular flexibility index (Phi) is 5.62. The standard InChI is InChI=1S/C21H25N5O2S/c1-3-16-23-19-17(20(28)25(16)2)24-21(29-19)26-12-8-7-11-15(26)18(27)22-13-14-9-5-4-6-10-14/h4-6,9-10,15H,3,7-8,11-13H2,1-2H3,(H,22,27). The number of thiazole rings is 1. The summed E-state index contributed by atoms with van der Waals surface area (Å²) in [4.78, 5) is 37.5. The van der Waals surface area contributed by atoms with Crippen molar-refractivity contribution in [2.24, 2.45) is 7.05 Å². The Labute approximate surface area is 173 Å². The minimum atomic E-state index is -0.275. The largest absolute Gasteiger partial charge is 0.350 e. The lowest BCUT2D eigenvalue weighted by Gasteiger charge is -2.34. The number of nitrogens with zero attached hydrogens (tertiary/aromatic N) is 4. The van der Waals surface area contributed by atoms with Crippen LogP contribution in [0.2, 0.25) is 0 Å². The predicted molar refractivity (Wildman–Crippen MR) is 115 cm³/mol. The average Bonchev–Trinajstić information content (AvgIpc) is 3.19. The maximum Gasteiger partial charge on any atom is 0.280 e. The summed E-state index contributed by atoms with van der Waals surface area (Å²) in [6, 6.07) is 9.62. The Morgan fingerprint density at radius 1 is 1.24 bits per heavy atom. The third-order valence-corrected chi connectivity index (χ3v) is 6.39. The molecule has 0 saturated carbocycles. The van der Waals surface area contributed by atoms with Crippen molar-refractivity contribution in [3.05, 3.63) is 52.1 Å². The summed E-state index contributed by atoms with van der Waals surface area (Å²) in [5, 5.41) is 3.76. The number of fused-ring (bicyclic) bond motifs is 1. The predicted octanol–water partition coefficient (Wildman–Crippen LogP) is 2.63. The molecule has 1 amide bonds. The molecule has 1 aliphatic rings. The number of nitrogens with one attached hydrogen (secondary N) is 1. The van der Waals surface area contributed by atoms with Crippen molar-refractivity contribution in [2.75, 3.05) is 11.4 Å². The molecule has 3 aromatic rings. The maximum absolute atomic E-state index is 12.9. The second kappa shape index (κ2) is 8.32. The molecule has 3 heterocycles. The van der Waals surface area contributed by atoms with Crippen LogP contribution in [0.15, 0.2) is 35.1 Å². The highest BCUT2D eigenvalue weighted by atomic mass is 32.1. The Morgan fingerprint density at radius 2 is 2.03 bits per heavy atom. The minimum absolute atomic E-state index is 0.00270. The van der Waals surface area contributed by atoms with Crippen molar-refractivity contribution in [3.63, 3.8) is 0 Å². The number of rotatable bonds is 5. The zero-order chi connectivity index (χ0) is 20.4. The highest BCUT2D eigenvalue weighted by Gasteiger charge is 2.31. The summed E-state index contributed by atoms with van der Waals surface area (Å²) in [6.45, 7) is 3.24.